The number of amides is 1. The second-order valence-electron chi connectivity index (χ2n) is 4.97. The standard InChI is InChI=1S/C14H21N3O3S/c1-2-15-10-12-4-6-13(7-5-12)21(19,20)17-9-3-8-16-14(18)11-17/h4-7,15H,2-3,8-11H2,1H3,(H,16,18). The van der Waals surface area contributed by atoms with Crippen molar-refractivity contribution in [1.82, 2.24) is 14.9 Å². The minimum Gasteiger partial charge on any atom is -0.355 e. The second-order valence-corrected chi connectivity index (χ2v) is 6.90. The van der Waals surface area contributed by atoms with Crippen LogP contribution in [0.4, 0.5) is 0 Å². The van der Waals surface area contributed by atoms with Gasteiger partial charge in [-0.05, 0) is 30.7 Å². The number of nitrogens with zero attached hydrogens (tertiary/aromatic N) is 1. The fourth-order valence-corrected chi connectivity index (χ4v) is 3.62. The van der Waals surface area contributed by atoms with Gasteiger partial charge in [-0.2, -0.15) is 4.31 Å². The predicted octanol–water partition coefficient (Wildman–Crippen LogP) is 0.307. The van der Waals surface area contributed by atoms with E-state index in [1.807, 2.05) is 6.92 Å². The van der Waals surface area contributed by atoms with Crippen molar-refractivity contribution in [1.29, 1.82) is 0 Å². The summed E-state index contributed by atoms with van der Waals surface area (Å²) in [5.41, 5.74) is 1.03. The Balaban J connectivity index is 2.16. The van der Waals surface area contributed by atoms with Gasteiger partial charge in [0.15, 0.2) is 0 Å². The molecule has 1 aliphatic heterocycles. The molecular weight excluding hydrogens is 290 g/mol. The van der Waals surface area contributed by atoms with E-state index < -0.39 is 10.0 Å². The summed E-state index contributed by atoms with van der Waals surface area (Å²) in [5, 5.41) is 5.86. The summed E-state index contributed by atoms with van der Waals surface area (Å²) in [4.78, 5) is 11.8. The first-order chi connectivity index (χ1) is 10.0. The van der Waals surface area contributed by atoms with E-state index in [-0.39, 0.29) is 17.3 Å². The van der Waals surface area contributed by atoms with Crippen molar-refractivity contribution in [3.63, 3.8) is 0 Å². The molecule has 2 N–H and O–H groups in total. The molecule has 0 unspecified atom stereocenters. The average molecular weight is 311 g/mol. The highest BCUT2D eigenvalue weighted by Crippen LogP contribution is 2.17. The van der Waals surface area contributed by atoms with Gasteiger partial charge in [0, 0.05) is 19.6 Å². The Morgan fingerprint density at radius 3 is 2.67 bits per heavy atom. The van der Waals surface area contributed by atoms with Crippen LogP contribution in [-0.4, -0.2) is 44.8 Å². The molecule has 2 rings (SSSR count). The number of nitrogens with one attached hydrogen (secondary N) is 2. The third-order valence-corrected chi connectivity index (χ3v) is 5.23. The fraction of sp³-hybridized carbons (Fsp3) is 0.500. The third kappa shape index (κ3) is 4.03. The van der Waals surface area contributed by atoms with Crippen molar-refractivity contribution >= 4 is 15.9 Å². The number of carbonyl (C=O) groups is 1. The lowest BCUT2D eigenvalue weighted by Gasteiger charge is -2.18. The first-order valence-corrected chi connectivity index (χ1v) is 8.54. The summed E-state index contributed by atoms with van der Waals surface area (Å²) in [5.74, 6) is -0.250. The molecule has 1 aliphatic rings. The van der Waals surface area contributed by atoms with Gasteiger partial charge in [0.05, 0.1) is 11.4 Å². The number of hydrogen-bond donors (Lipinski definition) is 2. The van der Waals surface area contributed by atoms with Crippen LogP contribution in [0.5, 0.6) is 0 Å². The summed E-state index contributed by atoms with van der Waals surface area (Å²) >= 11 is 0. The SMILES string of the molecule is CCNCc1ccc(S(=O)(=O)N2CCCNC(=O)C2)cc1. The molecule has 1 fully saturated rings. The van der Waals surface area contributed by atoms with E-state index in [0.717, 1.165) is 12.1 Å². The van der Waals surface area contributed by atoms with Gasteiger partial charge in [0.25, 0.3) is 0 Å². The lowest BCUT2D eigenvalue weighted by Crippen LogP contribution is -2.37. The Hall–Kier alpha value is -1.44. The minimum atomic E-state index is -3.60. The summed E-state index contributed by atoms with van der Waals surface area (Å²) < 4.78 is 26.3. The minimum absolute atomic E-state index is 0.110. The molecule has 7 heteroatoms. The molecule has 0 radical (unpaired) electrons. The first kappa shape index (κ1) is 15.9. The Morgan fingerprint density at radius 2 is 2.00 bits per heavy atom. The lowest BCUT2D eigenvalue weighted by molar-refractivity contribution is -0.120. The van der Waals surface area contributed by atoms with Gasteiger partial charge in [0.1, 0.15) is 0 Å². The van der Waals surface area contributed by atoms with Crippen LogP contribution in [-0.2, 0) is 21.4 Å². The van der Waals surface area contributed by atoms with Crippen molar-refractivity contribution < 1.29 is 13.2 Å². The maximum absolute atomic E-state index is 12.5. The molecule has 0 spiro atoms. The fourth-order valence-electron chi connectivity index (χ4n) is 2.18. The number of rotatable bonds is 5. The van der Waals surface area contributed by atoms with Crippen molar-refractivity contribution in [2.24, 2.45) is 0 Å². The quantitative estimate of drug-likeness (QED) is 0.820. The molecule has 6 nitrogen and oxygen atoms in total. The average Bonchev–Trinajstić information content (AvgIpc) is 2.70. The van der Waals surface area contributed by atoms with Gasteiger partial charge < -0.3 is 10.6 Å². The largest absolute Gasteiger partial charge is 0.355 e. The van der Waals surface area contributed by atoms with E-state index in [0.29, 0.717) is 26.1 Å². The van der Waals surface area contributed by atoms with Crippen LogP contribution in [0.15, 0.2) is 29.2 Å². The summed E-state index contributed by atoms with van der Waals surface area (Å²) in [6.07, 6.45) is 0.628. The van der Waals surface area contributed by atoms with Crippen molar-refractivity contribution in [3.8, 4) is 0 Å². The zero-order chi connectivity index (χ0) is 15.3. The first-order valence-electron chi connectivity index (χ1n) is 7.10. The van der Waals surface area contributed by atoms with Crippen LogP contribution < -0.4 is 10.6 Å². The molecule has 116 valence electrons. The Morgan fingerprint density at radius 1 is 1.29 bits per heavy atom. The number of carbonyl (C=O) groups excluding carboxylic acids is 1. The van der Waals surface area contributed by atoms with Crippen LogP contribution in [0.3, 0.4) is 0 Å². The van der Waals surface area contributed by atoms with E-state index in [1.54, 1.807) is 24.3 Å². The van der Waals surface area contributed by atoms with Crippen LogP contribution >= 0.6 is 0 Å². The van der Waals surface area contributed by atoms with Gasteiger partial charge in [-0.15, -0.1) is 0 Å². The summed E-state index contributed by atoms with van der Waals surface area (Å²) in [6.45, 7) is 4.36. The van der Waals surface area contributed by atoms with E-state index in [2.05, 4.69) is 10.6 Å². The van der Waals surface area contributed by atoms with Gasteiger partial charge in [-0.3, -0.25) is 4.79 Å². The number of sulfonamides is 1. The Bertz CT molecular complexity index is 584. The summed E-state index contributed by atoms with van der Waals surface area (Å²) in [6, 6.07) is 6.80. The Labute approximate surface area is 125 Å². The van der Waals surface area contributed by atoms with E-state index >= 15 is 0 Å². The van der Waals surface area contributed by atoms with E-state index in [9.17, 15) is 13.2 Å². The van der Waals surface area contributed by atoms with Gasteiger partial charge >= 0.3 is 0 Å². The molecule has 1 amide bonds. The summed E-state index contributed by atoms with van der Waals surface area (Å²) in [7, 11) is -3.60. The second kappa shape index (κ2) is 7.02. The molecule has 0 aromatic heterocycles. The normalized spacial score (nSPS) is 17.3. The Kier molecular flexibility index (Phi) is 5.33. The molecular formula is C14H21N3O3S. The maximum atomic E-state index is 12.5. The van der Waals surface area contributed by atoms with E-state index in [4.69, 9.17) is 0 Å². The molecule has 0 atom stereocenters. The van der Waals surface area contributed by atoms with E-state index in [1.165, 1.54) is 4.31 Å². The molecule has 1 saturated heterocycles. The number of hydrogen-bond acceptors (Lipinski definition) is 4. The molecule has 0 aliphatic carbocycles. The van der Waals surface area contributed by atoms with Crippen LogP contribution in [0.1, 0.15) is 18.9 Å². The number of benzene rings is 1. The molecule has 1 aromatic rings. The van der Waals surface area contributed by atoms with Crippen molar-refractivity contribution in [2.75, 3.05) is 26.2 Å². The van der Waals surface area contributed by atoms with Crippen LogP contribution in [0, 0.1) is 0 Å². The van der Waals surface area contributed by atoms with Gasteiger partial charge in [-0.25, -0.2) is 8.42 Å². The highest BCUT2D eigenvalue weighted by Gasteiger charge is 2.27. The monoisotopic (exact) mass is 311 g/mol. The molecule has 0 bridgehead atoms. The smallest absolute Gasteiger partial charge is 0.243 e. The highest BCUT2D eigenvalue weighted by molar-refractivity contribution is 7.89. The molecule has 1 heterocycles. The van der Waals surface area contributed by atoms with Crippen molar-refractivity contribution in [2.45, 2.75) is 24.8 Å². The topological polar surface area (TPSA) is 78.5 Å². The van der Waals surface area contributed by atoms with Crippen LogP contribution in [0.2, 0.25) is 0 Å². The zero-order valence-electron chi connectivity index (χ0n) is 12.1. The molecule has 0 saturated carbocycles. The van der Waals surface area contributed by atoms with Crippen LogP contribution in [0.25, 0.3) is 0 Å². The highest BCUT2D eigenvalue weighted by atomic mass is 32.2. The molecule has 1 aromatic carbocycles. The third-order valence-electron chi connectivity index (χ3n) is 3.37. The predicted molar refractivity (Wildman–Crippen MR) is 80.2 cm³/mol. The van der Waals surface area contributed by atoms with Gasteiger partial charge in [0.2, 0.25) is 15.9 Å². The van der Waals surface area contributed by atoms with Crippen molar-refractivity contribution in [3.05, 3.63) is 29.8 Å². The maximum Gasteiger partial charge on any atom is 0.243 e. The molecule has 21 heavy (non-hydrogen) atoms. The zero-order valence-corrected chi connectivity index (χ0v) is 12.9. The van der Waals surface area contributed by atoms with Gasteiger partial charge in [-0.1, -0.05) is 19.1 Å². The lowest BCUT2D eigenvalue weighted by atomic mass is 10.2.